The highest BCUT2D eigenvalue weighted by Crippen LogP contribution is 2.58. The molecule has 2 atom stereocenters. The third kappa shape index (κ3) is 4.78. The summed E-state index contributed by atoms with van der Waals surface area (Å²) in [5.74, 6) is 3.99. The van der Waals surface area contributed by atoms with Gasteiger partial charge in [0.2, 0.25) is 6.29 Å². The fourth-order valence-corrected chi connectivity index (χ4v) is 7.26. The van der Waals surface area contributed by atoms with Crippen LogP contribution in [-0.4, -0.2) is 5.60 Å². The highest BCUT2D eigenvalue weighted by Gasteiger charge is 2.53. The quantitative estimate of drug-likeness (QED) is 0.308. The molecule has 35 heavy (non-hydrogen) atoms. The van der Waals surface area contributed by atoms with Gasteiger partial charge < -0.3 is 9.47 Å². The third-order valence-electron chi connectivity index (χ3n) is 8.93. The highest BCUT2D eigenvalue weighted by atomic mass is 16.7. The third-order valence-corrected chi connectivity index (χ3v) is 8.93. The van der Waals surface area contributed by atoms with Crippen LogP contribution in [0.1, 0.15) is 82.1 Å². The second-order valence-corrected chi connectivity index (χ2v) is 11.5. The van der Waals surface area contributed by atoms with E-state index in [1.165, 1.54) is 55.2 Å². The van der Waals surface area contributed by atoms with Crippen LogP contribution >= 0.6 is 0 Å². The summed E-state index contributed by atoms with van der Waals surface area (Å²) in [6.07, 6.45) is 8.61. The Morgan fingerprint density at radius 1 is 0.714 bits per heavy atom. The number of ether oxygens (including phenoxy) is 2. The van der Waals surface area contributed by atoms with Crippen molar-refractivity contribution in [3.05, 3.63) is 90.0 Å². The zero-order valence-corrected chi connectivity index (χ0v) is 21.2. The molecule has 4 aliphatic rings. The molecule has 4 saturated carbocycles. The molecule has 0 saturated heterocycles. The molecule has 3 aromatic rings. The molecule has 0 aliphatic heterocycles. The van der Waals surface area contributed by atoms with Gasteiger partial charge in [0.25, 0.3) is 0 Å². The molecular formula is C33H38O2. The smallest absolute Gasteiger partial charge is 0.227 e. The predicted octanol–water partition coefficient (Wildman–Crippen LogP) is 8.93. The van der Waals surface area contributed by atoms with Crippen molar-refractivity contribution in [1.82, 2.24) is 0 Å². The monoisotopic (exact) mass is 466 g/mol. The molecule has 0 amide bonds. The maximum atomic E-state index is 7.06. The molecule has 0 spiro atoms. The number of benzene rings is 3. The van der Waals surface area contributed by atoms with Crippen molar-refractivity contribution in [2.75, 3.05) is 0 Å². The minimum Gasteiger partial charge on any atom is -0.461 e. The van der Waals surface area contributed by atoms with E-state index in [1.807, 2.05) is 0 Å². The van der Waals surface area contributed by atoms with E-state index in [9.17, 15) is 0 Å². The van der Waals surface area contributed by atoms with Gasteiger partial charge in [0.15, 0.2) is 0 Å². The molecule has 3 aromatic carbocycles. The lowest BCUT2D eigenvalue weighted by atomic mass is 9.54. The summed E-state index contributed by atoms with van der Waals surface area (Å²) in [6, 6.07) is 28.0. The minimum absolute atomic E-state index is 0.0197. The average Bonchev–Trinajstić information content (AvgIpc) is 2.88. The first-order valence-corrected chi connectivity index (χ1v) is 13.7. The summed E-state index contributed by atoms with van der Waals surface area (Å²) in [6.45, 7) is 4.52. The van der Waals surface area contributed by atoms with Crippen molar-refractivity contribution in [3.8, 4) is 16.9 Å². The lowest BCUT2D eigenvalue weighted by molar-refractivity contribution is -0.235. The van der Waals surface area contributed by atoms with Gasteiger partial charge in [0, 0.05) is 5.56 Å². The molecule has 0 radical (unpaired) electrons. The lowest BCUT2D eigenvalue weighted by Gasteiger charge is -2.56. The average molecular weight is 467 g/mol. The summed E-state index contributed by atoms with van der Waals surface area (Å²) in [5.41, 5.74) is 4.91. The molecule has 4 bridgehead atoms. The topological polar surface area (TPSA) is 18.5 Å². The van der Waals surface area contributed by atoms with Crippen LogP contribution in [-0.2, 0) is 4.74 Å². The van der Waals surface area contributed by atoms with E-state index in [4.69, 9.17) is 9.47 Å². The molecular weight excluding hydrogens is 428 g/mol. The summed E-state index contributed by atoms with van der Waals surface area (Å²) in [4.78, 5) is 0. The fourth-order valence-electron chi connectivity index (χ4n) is 7.26. The van der Waals surface area contributed by atoms with Crippen LogP contribution in [0, 0.1) is 17.8 Å². The van der Waals surface area contributed by atoms with Crippen LogP contribution in [0.15, 0.2) is 78.9 Å². The molecule has 0 aromatic heterocycles. The summed E-state index contributed by atoms with van der Waals surface area (Å²) >= 11 is 0. The van der Waals surface area contributed by atoms with Crippen LogP contribution in [0.2, 0.25) is 0 Å². The number of hydrogen-bond acceptors (Lipinski definition) is 2. The van der Waals surface area contributed by atoms with Gasteiger partial charge in [-0.15, -0.1) is 0 Å². The van der Waals surface area contributed by atoms with Crippen molar-refractivity contribution in [3.63, 3.8) is 0 Å². The van der Waals surface area contributed by atoms with E-state index in [0.29, 0.717) is 5.92 Å². The van der Waals surface area contributed by atoms with Gasteiger partial charge in [-0.3, -0.25) is 0 Å². The second-order valence-electron chi connectivity index (χ2n) is 11.5. The molecule has 182 valence electrons. The zero-order valence-electron chi connectivity index (χ0n) is 21.2. The lowest BCUT2D eigenvalue weighted by Crippen LogP contribution is -2.52. The zero-order chi connectivity index (χ0) is 23.8. The van der Waals surface area contributed by atoms with E-state index < -0.39 is 0 Å². The van der Waals surface area contributed by atoms with Crippen molar-refractivity contribution < 1.29 is 9.47 Å². The Balaban J connectivity index is 1.28. The molecule has 4 fully saturated rings. The maximum absolute atomic E-state index is 7.06. The van der Waals surface area contributed by atoms with E-state index in [2.05, 4.69) is 92.7 Å². The van der Waals surface area contributed by atoms with Crippen molar-refractivity contribution in [2.45, 2.75) is 76.6 Å². The van der Waals surface area contributed by atoms with Gasteiger partial charge in [-0.2, -0.15) is 0 Å². The molecule has 4 aliphatic carbocycles. The Morgan fingerprint density at radius 3 is 1.83 bits per heavy atom. The maximum Gasteiger partial charge on any atom is 0.227 e. The summed E-state index contributed by atoms with van der Waals surface area (Å²) < 4.78 is 13.7. The fraction of sp³-hybridized carbons (Fsp3) is 0.455. The Kier molecular flexibility index (Phi) is 6.18. The first-order chi connectivity index (χ1) is 17.1. The van der Waals surface area contributed by atoms with E-state index in [0.717, 1.165) is 35.5 Å². The van der Waals surface area contributed by atoms with Crippen molar-refractivity contribution in [2.24, 2.45) is 17.8 Å². The van der Waals surface area contributed by atoms with Gasteiger partial charge in [-0.1, -0.05) is 80.6 Å². The number of rotatable bonds is 8. The van der Waals surface area contributed by atoms with E-state index in [1.54, 1.807) is 0 Å². The first kappa shape index (κ1) is 22.9. The second kappa shape index (κ2) is 9.47. The normalized spacial score (nSPS) is 28.6. The van der Waals surface area contributed by atoms with Gasteiger partial charge in [-0.25, -0.2) is 0 Å². The van der Waals surface area contributed by atoms with Crippen LogP contribution in [0.4, 0.5) is 0 Å². The number of hydrogen-bond donors (Lipinski definition) is 0. The summed E-state index contributed by atoms with van der Waals surface area (Å²) in [5, 5.41) is 0. The van der Waals surface area contributed by atoms with E-state index in [-0.39, 0.29) is 11.9 Å². The van der Waals surface area contributed by atoms with Crippen LogP contribution in [0.25, 0.3) is 11.1 Å². The van der Waals surface area contributed by atoms with Crippen LogP contribution in [0.3, 0.4) is 0 Å². The van der Waals surface area contributed by atoms with Gasteiger partial charge in [-0.05, 0) is 97.4 Å². The SMILES string of the molecule is CCC(C)c1ccc(OC(OC23CC4CC(CC(C4)C2)C3)c2ccc(-c3ccccc3)cc2)cc1. The molecule has 0 heterocycles. The highest BCUT2D eigenvalue weighted by molar-refractivity contribution is 5.63. The largest absolute Gasteiger partial charge is 0.461 e. The minimum atomic E-state index is -0.384. The molecule has 7 rings (SSSR count). The molecule has 2 nitrogen and oxygen atoms in total. The van der Waals surface area contributed by atoms with E-state index >= 15 is 0 Å². The predicted molar refractivity (Wildman–Crippen MR) is 142 cm³/mol. The molecule has 2 unspecified atom stereocenters. The van der Waals surface area contributed by atoms with Crippen LogP contribution in [0.5, 0.6) is 5.75 Å². The Labute approximate surface area is 210 Å². The standard InChI is InChI=1S/C33H38O2/c1-3-23(2)27-13-15-31(16-14-27)34-32(30-11-9-29(10-12-30)28-7-5-4-6-8-28)35-33-20-24-17-25(21-33)19-26(18-24)22-33/h4-16,23-26,32H,3,17-22H2,1-2H3. The Bertz CT molecular complexity index is 1080. The molecule has 0 N–H and O–H groups in total. The Hall–Kier alpha value is -2.58. The van der Waals surface area contributed by atoms with Gasteiger partial charge in [0.1, 0.15) is 5.75 Å². The van der Waals surface area contributed by atoms with Crippen LogP contribution < -0.4 is 4.74 Å². The first-order valence-electron chi connectivity index (χ1n) is 13.7. The molecule has 2 heteroatoms. The van der Waals surface area contributed by atoms with Gasteiger partial charge >= 0.3 is 0 Å². The van der Waals surface area contributed by atoms with Gasteiger partial charge in [0.05, 0.1) is 5.60 Å². The summed E-state index contributed by atoms with van der Waals surface area (Å²) in [7, 11) is 0. The van der Waals surface area contributed by atoms with Crippen molar-refractivity contribution in [1.29, 1.82) is 0 Å². The van der Waals surface area contributed by atoms with Crippen molar-refractivity contribution >= 4 is 0 Å². The Morgan fingerprint density at radius 2 is 1.26 bits per heavy atom.